The van der Waals surface area contributed by atoms with Crippen LogP contribution >= 0.6 is 0 Å². The first-order chi connectivity index (χ1) is 13.5. The van der Waals surface area contributed by atoms with Gasteiger partial charge in [0, 0.05) is 24.2 Å². The zero-order valence-electron chi connectivity index (χ0n) is 15.1. The van der Waals surface area contributed by atoms with E-state index in [4.69, 9.17) is 0 Å². The molecule has 2 aromatic rings. The van der Waals surface area contributed by atoms with E-state index in [0.717, 1.165) is 12.1 Å². The first-order valence-electron chi connectivity index (χ1n) is 8.22. The minimum absolute atomic E-state index is 0.0526. The number of anilines is 1. The number of halogens is 3. The Morgan fingerprint density at radius 1 is 1.00 bits per heavy atom. The molecule has 29 heavy (non-hydrogen) atoms. The minimum Gasteiger partial charge on any atom is -0.406 e. The Labute approximate surface area is 164 Å². The zero-order valence-corrected chi connectivity index (χ0v) is 15.9. The van der Waals surface area contributed by atoms with Gasteiger partial charge in [-0.25, -0.2) is 13.1 Å². The standard InChI is InChI=1S/C18H17F3N2O5S/c1-12(24)13-2-8-16(9-3-13)29(26,27)22-11-10-17(25)23-14-4-6-15(7-5-14)28-18(19,20)21/h2-9,22H,10-11H2,1H3,(H,23,25). The van der Waals surface area contributed by atoms with Gasteiger partial charge in [0.2, 0.25) is 15.9 Å². The number of alkyl halides is 3. The third kappa shape index (κ3) is 7.20. The lowest BCUT2D eigenvalue weighted by Crippen LogP contribution is -2.27. The van der Waals surface area contributed by atoms with Crippen LogP contribution in [0.1, 0.15) is 23.7 Å². The molecule has 0 saturated heterocycles. The molecule has 2 N–H and O–H groups in total. The van der Waals surface area contributed by atoms with Crippen LogP contribution in [0.15, 0.2) is 53.4 Å². The van der Waals surface area contributed by atoms with E-state index in [-0.39, 0.29) is 29.3 Å². The van der Waals surface area contributed by atoms with Gasteiger partial charge in [0.05, 0.1) is 4.90 Å². The van der Waals surface area contributed by atoms with Crippen molar-refractivity contribution in [2.24, 2.45) is 0 Å². The monoisotopic (exact) mass is 430 g/mol. The Balaban J connectivity index is 1.85. The Bertz CT molecular complexity index is 972. The fourth-order valence-corrected chi connectivity index (χ4v) is 3.25. The maximum Gasteiger partial charge on any atom is 0.573 e. The molecule has 0 unspecified atom stereocenters. The summed E-state index contributed by atoms with van der Waals surface area (Å²) in [6.07, 6.45) is -5.01. The average Bonchev–Trinajstić information content (AvgIpc) is 2.62. The molecule has 0 fully saturated rings. The van der Waals surface area contributed by atoms with Crippen molar-refractivity contribution >= 4 is 27.4 Å². The lowest BCUT2D eigenvalue weighted by atomic mass is 10.2. The van der Waals surface area contributed by atoms with Gasteiger partial charge in [-0.05, 0) is 43.3 Å². The number of benzene rings is 2. The number of carbonyl (C=O) groups is 2. The summed E-state index contributed by atoms with van der Waals surface area (Å²) >= 11 is 0. The van der Waals surface area contributed by atoms with Crippen LogP contribution < -0.4 is 14.8 Å². The number of hydrogen-bond donors (Lipinski definition) is 2. The molecule has 156 valence electrons. The highest BCUT2D eigenvalue weighted by molar-refractivity contribution is 7.89. The SMILES string of the molecule is CC(=O)c1ccc(S(=O)(=O)NCCC(=O)Nc2ccc(OC(F)(F)F)cc2)cc1. The first-order valence-corrected chi connectivity index (χ1v) is 9.71. The fourth-order valence-electron chi connectivity index (χ4n) is 2.21. The average molecular weight is 430 g/mol. The fraction of sp³-hybridized carbons (Fsp3) is 0.222. The highest BCUT2D eigenvalue weighted by Crippen LogP contribution is 2.24. The summed E-state index contributed by atoms with van der Waals surface area (Å²) in [5.74, 6) is -1.17. The summed E-state index contributed by atoms with van der Waals surface area (Å²) in [7, 11) is -3.86. The lowest BCUT2D eigenvalue weighted by molar-refractivity contribution is -0.274. The maximum atomic E-state index is 12.2. The zero-order chi connectivity index (χ0) is 21.7. The molecule has 0 aliphatic rings. The van der Waals surface area contributed by atoms with Crippen molar-refractivity contribution < 1.29 is 35.9 Å². The third-order valence-corrected chi connectivity index (χ3v) is 5.06. The Morgan fingerprint density at radius 2 is 1.59 bits per heavy atom. The summed E-state index contributed by atoms with van der Waals surface area (Å²) in [6.45, 7) is 1.16. The van der Waals surface area contributed by atoms with Crippen LogP contribution in [0.5, 0.6) is 5.75 Å². The number of carbonyl (C=O) groups excluding carboxylic acids is 2. The van der Waals surface area contributed by atoms with E-state index >= 15 is 0 Å². The molecule has 2 rings (SSSR count). The number of hydrogen-bond acceptors (Lipinski definition) is 5. The molecule has 0 aromatic heterocycles. The first kappa shape index (κ1) is 22.4. The molecular formula is C18H17F3N2O5S. The van der Waals surface area contributed by atoms with Crippen LogP contribution in [-0.4, -0.2) is 33.0 Å². The lowest BCUT2D eigenvalue weighted by Gasteiger charge is -2.10. The van der Waals surface area contributed by atoms with Gasteiger partial charge in [-0.3, -0.25) is 9.59 Å². The van der Waals surface area contributed by atoms with E-state index in [1.165, 1.54) is 43.3 Å². The molecule has 1 amide bonds. The van der Waals surface area contributed by atoms with Crippen LogP contribution in [0, 0.1) is 0 Å². The molecule has 0 saturated carbocycles. The van der Waals surface area contributed by atoms with Crippen molar-refractivity contribution in [3.8, 4) is 5.75 Å². The molecule has 2 aromatic carbocycles. The van der Waals surface area contributed by atoms with Crippen LogP contribution in [0.3, 0.4) is 0 Å². The molecule has 0 atom stereocenters. The van der Waals surface area contributed by atoms with Crippen molar-refractivity contribution in [3.05, 3.63) is 54.1 Å². The van der Waals surface area contributed by atoms with Gasteiger partial charge < -0.3 is 10.1 Å². The Kier molecular flexibility index (Phi) is 6.98. The Hall–Kier alpha value is -2.92. The normalized spacial score (nSPS) is 11.7. The maximum absolute atomic E-state index is 12.2. The topological polar surface area (TPSA) is 102 Å². The van der Waals surface area contributed by atoms with E-state index in [0.29, 0.717) is 5.56 Å². The second-order valence-electron chi connectivity index (χ2n) is 5.85. The van der Waals surface area contributed by atoms with E-state index in [1.54, 1.807) is 0 Å². The smallest absolute Gasteiger partial charge is 0.406 e. The van der Waals surface area contributed by atoms with Gasteiger partial charge in [-0.2, -0.15) is 0 Å². The number of sulfonamides is 1. The molecule has 7 nitrogen and oxygen atoms in total. The third-order valence-electron chi connectivity index (χ3n) is 3.59. The van der Waals surface area contributed by atoms with E-state index in [9.17, 15) is 31.2 Å². The Morgan fingerprint density at radius 3 is 2.10 bits per heavy atom. The van der Waals surface area contributed by atoms with Gasteiger partial charge in [0.15, 0.2) is 5.78 Å². The van der Waals surface area contributed by atoms with Crippen molar-refractivity contribution in [2.45, 2.75) is 24.6 Å². The van der Waals surface area contributed by atoms with Gasteiger partial charge in [0.1, 0.15) is 5.75 Å². The second-order valence-corrected chi connectivity index (χ2v) is 7.62. The molecule has 11 heteroatoms. The van der Waals surface area contributed by atoms with Gasteiger partial charge in [-0.1, -0.05) is 12.1 Å². The summed E-state index contributed by atoms with van der Waals surface area (Å²) in [5, 5.41) is 2.43. The number of rotatable bonds is 8. The second kappa shape index (κ2) is 9.05. The molecule has 0 aliphatic heterocycles. The number of amides is 1. The quantitative estimate of drug-likeness (QED) is 0.627. The van der Waals surface area contributed by atoms with Crippen molar-refractivity contribution in [3.63, 3.8) is 0 Å². The summed E-state index contributed by atoms with van der Waals surface area (Å²) < 4.78 is 66.6. The van der Waals surface area contributed by atoms with Crippen LogP contribution in [0.4, 0.5) is 18.9 Å². The van der Waals surface area contributed by atoms with E-state index in [1.807, 2.05) is 0 Å². The molecule has 0 radical (unpaired) electrons. The van der Waals surface area contributed by atoms with Crippen molar-refractivity contribution in [2.75, 3.05) is 11.9 Å². The largest absolute Gasteiger partial charge is 0.573 e. The minimum atomic E-state index is -4.81. The van der Waals surface area contributed by atoms with Gasteiger partial charge >= 0.3 is 6.36 Å². The molecule has 0 spiro atoms. The summed E-state index contributed by atoms with van der Waals surface area (Å²) in [6, 6.07) is 9.85. The molecule has 0 heterocycles. The number of ether oxygens (including phenoxy) is 1. The van der Waals surface area contributed by atoms with Crippen LogP contribution in [-0.2, 0) is 14.8 Å². The van der Waals surface area contributed by atoms with Gasteiger partial charge in [-0.15, -0.1) is 13.2 Å². The summed E-state index contributed by atoms with van der Waals surface area (Å²) in [4.78, 5) is 23.0. The number of ketones is 1. The number of Topliss-reactive ketones (excluding diaryl/α,β-unsaturated/α-hetero) is 1. The molecule has 0 aliphatic carbocycles. The number of nitrogens with one attached hydrogen (secondary N) is 2. The highest BCUT2D eigenvalue weighted by Gasteiger charge is 2.30. The van der Waals surface area contributed by atoms with Gasteiger partial charge in [0.25, 0.3) is 0 Å². The van der Waals surface area contributed by atoms with E-state index < -0.39 is 28.0 Å². The summed E-state index contributed by atoms with van der Waals surface area (Å²) in [5.41, 5.74) is 0.599. The van der Waals surface area contributed by atoms with Crippen molar-refractivity contribution in [1.82, 2.24) is 4.72 Å². The molecule has 0 bridgehead atoms. The van der Waals surface area contributed by atoms with Crippen LogP contribution in [0.25, 0.3) is 0 Å². The predicted molar refractivity (Wildman–Crippen MR) is 98.0 cm³/mol. The molecular weight excluding hydrogens is 413 g/mol. The highest BCUT2D eigenvalue weighted by atomic mass is 32.2. The van der Waals surface area contributed by atoms with Crippen LogP contribution in [0.2, 0.25) is 0 Å². The van der Waals surface area contributed by atoms with Crippen molar-refractivity contribution in [1.29, 1.82) is 0 Å². The van der Waals surface area contributed by atoms with E-state index in [2.05, 4.69) is 14.8 Å². The predicted octanol–water partition coefficient (Wildman–Crippen LogP) is 3.09.